The molecule has 2 aromatic rings. The van der Waals surface area contributed by atoms with Gasteiger partial charge in [-0.15, -0.1) is 5.10 Å². The van der Waals surface area contributed by atoms with Gasteiger partial charge in [-0.25, -0.2) is 0 Å². The first-order chi connectivity index (χ1) is 11.6. The van der Waals surface area contributed by atoms with E-state index in [0.717, 1.165) is 23.5 Å². The predicted octanol–water partition coefficient (Wildman–Crippen LogP) is 0.343. The third-order valence-corrected chi connectivity index (χ3v) is 5.56. The molecule has 4 heterocycles. The molecule has 0 bridgehead atoms. The topological polar surface area (TPSA) is 95.1 Å². The summed E-state index contributed by atoms with van der Waals surface area (Å²) >= 11 is 1.26. The van der Waals surface area contributed by atoms with Gasteiger partial charge in [0.25, 0.3) is 5.91 Å². The lowest BCUT2D eigenvalue weighted by molar-refractivity contribution is -0.129. The molecule has 2 atom stereocenters. The zero-order valence-electron chi connectivity index (χ0n) is 13.3. The van der Waals surface area contributed by atoms with Crippen molar-refractivity contribution in [1.82, 2.24) is 29.6 Å². The number of nitrogens with zero attached hydrogens (tertiary/aromatic N) is 5. The molecule has 0 saturated carbocycles. The maximum atomic E-state index is 12.5. The summed E-state index contributed by atoms with van der Waals surface area (Å²) in [5.74, 6) is 0.854. The van der Waals surface area contributed by atoms with E-state index in [-0.39, 0.29) is 11.8 Å². The SMILES string of the molecule is Cc1cn[nH]c1C(=O)N1C[C@H]2CN(C(=O)Cc3cnns3)C[C@H]2C1. The third kappa shape index (κ3) is 2.68. The van der Waals surface area contributed by atoms with Crippen molar-refractivity contribution in [2.75, 3.05) is 26.2 Å². The van der Waals surface area contributed by atoms with E-state index in [9.17, 15) is 9.59 Å². The quantitative estimate of drug-likeness (QED) is 0.865. The predicted molar refractivity (Wildman–Crippen MR) is 86.4 cm³/mol. The minimum absolute atomic E-state index is 0.00742. The van der Waals surface area contributed by atoms with Gasteiger partial charge in [0.05, 0.1) is 23.7 Å². The number of aromatic nitrogens is 4. The third-order valence-electron chi connectivity index (χ3n) is 4.90. The van der Waals surface area contributed by atoms with Crippen LogP contribution in [-0.4, -0.2) is 67.6 Å². The van der Waals surface area contributed by atoms with Crippen molar-refractivity contribution < 1.29 is 9.59 Å². The van der Waals surface area contributed by atoms with Crippen molar-refractivity contribution in [2.45, 2.75) is 13.3 Å². The van der Waals surface area contributed by atoms with Gasteiger partial charge in [-0.2, -0.15) is 5.10 Å². The number of hydrogen-bond donors (Lipinski definition) is 1. The van der Waals surface area contributed by atoms with Crippen LogP contribution in [-0.2, 0) is 11.2 Å². The Bertz CT molecular complexity index is 744. The van der Waals surface area contributed by atoms with Crippen molar-refractivity contribution in [2.24, 2.45) is 11.8 Å². The van der Waals surface area contributed by atoms with E-state index < -0.39 is 0 Å². The number of H-pyrrole nitrogens is 1. The zero-order valence-corrected chi connectivity index (χ0v) is 14.1. The highest BCUT2D eigenvalue weighted by Gasteiger charge is 2.43. The fourth-order valence-electron chi connectivity index (χ4n) is 3.61. The van der Waals surface area contributed by atoms with E-state index in [2.05, 4.69) is 19.8 Å². The molecule has 0 aliphatic carbocycles. The Labute approximate surface area is 143 Å². The number of rotatable bonds is 3. The van der Waals surface area contributed by atoms with E-state index in [1.807, 2.05) is 16.7 Å². The summed E-state index contributed by atoms with van der Waals surface area (Å²) in [6, 6.07) is 0. The molecule has 2 amide bonds. The molecular formula is C15H18N6O2S. The van der Waals surface area contributed by atoms with Gasteiger partial charge < -0.3 is 9.80 Å². The molecule has 2 aliphatic heterocycles. The molecule has 4 rings (SSSR count). The van der Waals surface area contributed by atoms with Gasteiger partial charge in [-0.1, -0.05) is 4.49 Å². The van der Waals surface area contributed by atoms with Gasteiger partial charge in [-0.3, -0.25) is 14.7 Å². The molecule has 1 N–H and O–H groups in total. The first kappa shape index (κ1) is 15.3. The molecule has 0 aromatic carbocycles. The molecular weight excluding hydrogens is 328 g/mol. The monoisotopic (exact) mass is 346 g/mol. The van der Waals surface area contributed by atoms with Crippen LogP contribution in [0, 0.1) is 18.8 Å². The van der Waals surface area contributed by atoms with E-state index >= 15 is 0 Å². The highest BCUT2D eigenvalue weighted by atomic mass is 32.1. The number of likely N-dealkylation sites (tertiary alicyclic amines) is 2. The lowest BCUT2D eigenvalue weighted by atomic mass is 10.0. The smallest absolute Gasteiger partial charge is 0.272 e. The lowest BCUT2D eigenvalue weighted by Gasteiger charge is -2.21. The maximum Gasteiger partial charge on any atom is 0.272 e. The van der Waals surface area contributed by atoms with Crippen molar-refractivity contribution in [3.05, 3.63) is 28.5 Å². The fourth-order valence-corrected chi connectivity index (χ4v) is 4.09. The van der Waals surface area contributed by atoms with Crippen molar-refractivity contribution in [1.29, 1.82) is 0 Å². The van der Waals surface area contributed by atoms with Crippen LogP contribution in [0.15, 0.2) is 12.4 Å². The number of aryl methyl sites for hydroxylation is 1. The van der Waals surface area contributed by atoms with Gasteiger partial charge in [-0.05, 0) is 24.0 Å². The second-order valence-electron chi connectivity index (χ2n) is 6.52. The molecule has 24 heavy (non-hydrogen) atoms. The Morgan fingerprint density at radius 1 is 1.21 bits per heavy atom. The van der Waals surface area contributed by atoms with Crippen LogP contribution in [0.1, 0.15) is 20.9 Å². The number of fused-ring (bicyclic) bond motifs is 1. The lowest BCUT2D eigenvalue weighted by Crippen LogP contribution is -2.36. The van der Waals surface area contributed by atoms with Crippen LogP contribution in [0.3, 0.4) is 0 Å². The summed E-state index contributed by atoms with van der Waals surface area (Å²) in [6.07, 6.45) is 3.68. The van der Waals surface area contributed by atoms with Crippen molar-refractivity contribution in [3.8, 4) is 0 Å². The highest BCUT2D eigenvalue weighted by molar-refractivity contribution is 7.05. The normalized spacial score (nSPS) is 22.9. The minimum atomic E-state index is 0.00742. The molecule has 0 unspecified atom stereocenters. The van der Waals surface area contributed by atoms with Gasteiger partial charge in [0.15, 0.2) is 0 Å². The second-order valence-corrected chi connectivity index (χ2v) is 7.39. The Hall–Kier alpha value is -2.29. The zero-order chi connectivity index (χ0) is 16.7. The number of nitrogens with one attached hydrogen (secondary N) is 1. The van der Waals surface area contributed by atoms with Crippen LogP contribution in [0.2, 0.25) is 0 Å². The van der Waals surface area contributed by atoms with Gasteiger partial charge >= 0.3 is 0 Å². The van der Waals surface area contributed by atoms with Crippen molar-refractivity contribution in [3.63, 3.8) is 0 Å². The molecule has 126 valence electrons. The van der Waals surface area contributed by atoms with E-state index in [4.69, 9.17) is 0 Å². The van der Waals surface area contributed by atoms with Gasteiger partial charge in [0.2, 0.25) is 5.91 Å². The highest BCUT2D eigenvalue weighted by Crippen LogP contribution is 2.32. The molecule has 2 aromatic heterocycles. The second kappa shape index (κ2) is 5.97. The minimum Gasteiger partial charge on any atom is -0.342 e. The van der Waals surface area contributed by atoms with E-state index in [0.29, 0.717) is 37.0 Å². The van der Waals surface area contributed by atoms with E-state index in [1.54, 1.807) is 12.4 Å². The fraction of sp³-hybridized carbons (Fsp3) is 0.533. The molecule has 2 fully saturated rings. The first-order valence-electron chi connectivity index (χ1n) is 7.95. The van der Waals surface area contributed by atoms with Gasteiger partial charge in [0.1, 0.15) is 5.69 Å². The number of hydrogen-bond acceptors (Lipinski definition) is 6. The maximum absolute atomic E-state index is 12.5. The summed E-state index contributed by atoms with van der Waals surface area (Å²) in [7, 11) is 0. The van der Waals surface area contributed by atoms with Gasteiger partial charge in [0, 0.05) is 38.0 Å². The Morgan fingerprint density at radius 3 is 2.50 bits per heavy atom. The number of aromatic amines is 1. The van der Waals surface area contributed by atoms with Crippen molar-refractivity contribution >= 4 is 23.3 Å². The summed E-state index contributed by atoms with van der Waals surface area (Å²) in [6.45, 7) is 4.73. The average Bonchev–Trinajstić information content (AvgIpc) is 3.29. The Morgan fingerprint density at radius 2 is 1.92 bits per heavy atom. The van der Waals surface area contributed by atoms with Crippen LogP contribution in [0.5, 0.6) is 0 Å². The summed E-state index contributed by atoms with van der Waals surface area (Å²) in [5.41, 5.74) is 1.44. The summed E-state index contributed by atoms with van der Waals surface area (Å²) in [5, 5.41) is 10.5. The summed E-state index contributed by atoms with van der Waals surface area (Å²) < 4.78 is 3.79. The van der Waals surface area contributed by atoms with Crippen LogP contribution < -0.4 is 0 Å². The molecule has 8 nitrogen and oxygen atoms in total. The number of amides is 2. The largest absolute Gasteiger partial charge is 0.342 e. The Kier molecular flexibility index (Phi) is 3.79. The average molecular weight is 346 g/mol. The Balaban J connectivity index is 1.36. The molecule has 9 heteroatoms. The molecule has 0 spiro atoms. The first-order valence-corrected chi connectivity index (χ1v) is 8.72. The summed E-state index contributed by atoms with van der Waals surface area (Å²) in [4.78, 5) is 29.6. The molecule has 2 aliphatic rings. The van der Waals surface area contributed by atoms with Crippen LogP contribution >= 0.6 is 11.5 Å². The van der Waals surface area contributed by atoms with Crippen LogP contribution in [0.4, 0.5) is 0 Å². The van der Waals surface area contributed by atoms with Crippen LogP contribution in [0.25, 0.3) is 0 Å². The van der Waals surface area contributed by atoms with E-state index in [1.165, 1.54) is 11.5 Å². The molecule has 2 saturated heterocycles. The number of carbonyl (C=O) groups excluding carboxylic acids is 2. The molecule has 0 radical (unpaired) electrons. The number of carbonyl (C=O) groups is 2. The standard InChI is InChI=1S/C15H18N6O2S/c1-9-3-16-18-14(9)15(23)21-7-10-5-20(6-11(10)8-21)13(22)2-12-4-17-19-24-12/h3-4,10-11H,2,5-8H2,1H3,(H,16,18)/t10-,11+.